The number of nitrogens with one attached hydrogen (secondary N) is 1. The Morgan fingerprint density at radius 3 is 1.87 bits per heavy atom. The number of amides is 1. The molecule has 0 aliphatic rings. The van der Waals surface area contributed by atoms with E-state index in [0.717, 1.165) is 17.1 Å². The minimum Gasteiger partial charge on any atom is -0.465 e. The molecule has 0 radical (unpaired) electrons. The van der Waals surface area contributed by atoms with Gasteiger partial charge in [0, 0.05) is 16.9 Å². The van der Waals surface area contributed by atoms with Gasteiger partial charge in [-0.3, -0.25) is 4.79 Å². The Hall–Kier alpha value is -3.94. The minimum absolute atomic E-state index is 0.121. The molecule has 8 nitrogen and oxygen atoms in total. The summed E-state index contributed by atoms with van der Waals surface area (Å²) in [5.74, 6) is -1.66. The zero-order valence-electron chi connectivity index (χ0n) is 17.1. The van der Waals surface area contributed by atoms with Crippen molar-refractivity contribution in [3.05, 3.63) is 76.6 Å². The first kappa shape index (κ1) is 20.8. The van der Waals surface area contributed by atoms with E-state index in [4.69, 9.17) is 9.47 Å². The van der Waals surface area contributed by atoms with E-state index in [0.29, 0.717) is 5.56 Å². The van der Waals surface area contributed by atoms with Gasteiger partial charge >= 0.3 is 11.9 Å². The summed E-state index contributed by atoms with van der Waals surface area (Å²) in [6.07, 6.45) is 0. The Morgan fingerprint density at radius 1 is 0.833 bits per heavy atom. The van der Waals surface area contributed by atoms with Gasteiger partial charge in [0.2, 0.25) is 0 Å². The first-order valence-electron chi connectivity index (χ1n) is 9.09. The molecule has 0 fully saturated rings. The number of benzene rings is 2. The number of hydrogen-bond donors (Lipinski definition) is 1. The van der Waals surface area contributed by atoms with E-state index < -0.39 is 17.8 Å². The van der Waals surface area contributed by atoms with Crippen molar-refractivity contribution in [2.45, 2.75) is 13.8 Å². The SMILES string of the molecule is COC(=O)c1cc(NC(=O)c2ccc(-n3nc(C)cc3C)cc2)cc(C(=O)OC)c1. The summed E-state index contributed by atoms with van der Waals surface area (Å²) in [6.45, 7) is 3.87. The highest BCUT2D eigenvalue weighted by Crippen LogP contribution is 2.19. The van der Waals surface area contributed by atoms with E-state index in [1.165, 1.54) is 32.4 Å². The number of methoxy groups -OCH3 is 2. The predicted octanol–water partition coefficient (Wildman–Crippen LogP) is 3.31. The van der Waals surface area contributed by atoms with Crippen LogP contribution >= 0.6 is 0 Å². The number of esters is 2. The Bertz CT molecular complexity index is 1080. The molecule has 0 atom stereocenters. The van der Waals surface area contributed by atoms with Crippen LogP contribution in [0.5, 0.6) is 0 Å². The lowest BCUT2D eigenvalue weighted by molar-refractivity contribution is 0.0599. The van der Waals surface area contributed by atoms with Crippen molar-refractivity contribution >= 4 is 23.5 Å². The zero-order chi connectivity index (χ0) is 21.8. The third kappa shape index (κ3) is 4.38. The topological polar surface area (TPSA) is 99.5 Å². The van der Waals surface area contributed by atoms with Gasteiger partial charge < -0.3 is 14.8 Å². The maximum Gasteiger partial charge on any atom is 0.337 e. The van der Waals surface area contributed by atoms with Crippen LogP contribution in [0.15, 0.2) is 48.5 Å². The van der Waals surface area contributed by atoms with Gasteiger partial charge in [0.15, 0.2) is 0 Å². The second-order valence-corrected chi connectivity index (χ2v) is 6.62. The lowest BCUT2D eigenvalue weighted by atomic mass is 10.1. The van der Waals surface area contributed by atoms with Crippen molar-refractivity contribution < 1.29 is 23.9 Å². The predicted molar refractivity (Wildman–Crippen MR) is 110 cm³/mol. The summed E-state index contributed by atoms with van der Waals surface area (Å²) >= 11 is 0. The van der Waals surface area contributed by atoms with Gasteiger partial charge in [0.05, 0.1) is 36.7 Å². The molecule has 0 bridgehead atoms. The molecule has 0 spiro atoms. The fraction of sp³-hybridized carbons (Fsp3) is 0.182. The summed E-state index contributed by atoms with van der Waals surface area (Å²) in [6, 6.07) is 13.1. The van der Waals surface area contributed by atoms with E-state index in [1.54, 1.807) is 28.9 Å². The summed E-state index contributed by atoms with van der Waals surface area (Å²) in [4.78, 5) is 36.4. The molecule has 0 unspecified atom stereocenters. The van der Waals surface area contributed by atoms with E-state index in [1.807, 2.05) is 19.9 Å². The molecular formula is C22H21N3O5. The summed E-state index contributed by atoms with van der Waals surface area (Å²) < 4.78 is 11.2. The third-order valence-electron chi connectivity index (χ3n) is 4.42. The molecule has 0 saturated carbocycles. The van der Waals surface area contributed by atoms with Gasteiger partial charge in [0.25, 0.3) is 5.91 Å². The molecule has 8 heteroatoms. The normalized spacial score (nSPS) is 10.4. The molecule has 3 aromatic rings. The van der Waals surface area contributed by atoms with Crippen LogP contribution in [0.1, 0.15) is 42.5 Å². The zero-order valence-corrected chi connectivity index (χ0v) is 17.1. The summed E-state index contributed by atoms with van der Waals surface area (Å²) in [5, 5.41) is 7.11. The highest BCUT2D eigenvalue weighted by atomic mass is 16.5. The smallest absolute Gasteiger partial charge is 0.337 e. The maximum atomic E-state index is 12.7. The van der Waals surface area contributed by atoms with Crippen LogP contribution in [0.4, 0.5) is 5.69 Å². The number of anilines is 1. The Labute approximate surface area is 173 Å². The van der Waals surface area contributed by atoms with Crippen LogP contribution in [0.3, 0.4) is 0 Å². The lowest BCUT2D eigenvalue weighted by Crippen LogP contribution is -2.14. The lowest BCUT2D eigenvalue weighted by Gasteiger charge is -2.10. The van der Waals surface area contributed by atoms with E-state index in [9.17, 15) is 14.4 Å². The molecule has 1 N–H and O–H groups in total. The number of carbonyl (C=O) groups excluding carboxylic acids is 3. The quantitative estimate of drug-likeness (QED) is 0.652. The molecule has 1 aromatic heterocycles. The van der Waals surface area contributed by atoms with Crippen LogP contribution in [0, 0.1) is 13.8 Å². The number of aromatic nitrogens is 2. The van der Waals surface area contributed by atoms with Crippen LogP contribution in [0.25, 0.3) is 5.69 Å². The Balaban J connectivity index is 1.85. The van der Waals surface area contributed by atoms with E-state index in [2.05, 4.69) is 10.4 Å². The molecule has 1 amide bonds. The first-order valence-corrected chi connectivity index (χ1v) is 9.09. The number of hydrogen-bond acceptors (Lipinski definition) is 6. The number of nitrogens with zero attached hydrogens (tertiary/aromatic N) is 2. The van der Waals surface area contributed by atoms with Crippen LogP contribution in [-0.4, -0.2) is 41.8 Å². The largest absolute Gasteiger partial charge is 0.465 e. The van der Waals surface area contributed by atoms with Gasteiger partial charge in [0.1, 0.15) is 0 Å². The molecule has 1 heterocycles. The van der Waals surface area contributed by atoms with E-state index in [-0.39, 0.29) is 16.8 Å². The minimum atomic E-state index is -0.634. The van der Waals surface area contributed by atoms with Gasteiger partial charge in [-0.2, -0.15) is 5.10 Å². The van der Waals surface area contributed by atoms with Crippen LogP contribution in [0.2, 0.25) is 0 Å². The van der Waals surface area contributed by atoms with Crippen molar-refractivity contribution in [3.8, 4) is 5.69 Å². The highest BCUT2D eigenvalue weighted by Gasteiger charge is 2.16. The molecule has 0 aliphatic heterocycles. The van der Waals surface area contributed by atoms with Crippen LogP contribution in [-0.2, 0) is 9.47 Å². The average molecular weight is 407 g/mol. The summed E-state index contributed by atoms with van der Waals surface area (Å²) in [7, 11) is 2.46. The van der Waals surface area contributed by atoms with Gasteiger partial charge in [-0.1, -0.05) is 0 Å². The number of aryl methyl sites for hydroxylation is 2. The van der Waals surface area contributed by atoms with Crippen molar-refractivity contribution in [3.63, 3.8) is 0 Å². The third-order valence-corrected chi connectivity index (χ3v) is 4.42. The van der Waals surface area contributed by atoms with Crippen molar-refractivity contribution in [2.75, 3.05) is 19.5 Å². The molecular weight excluding hydrogens is 386 g/mol. The Kier molecular flexibility index (Phi) is 5.96. The fourth-order valence-electron chi connectivity index (χ4n) is 3.02. The molecule has 3 rings (SSSR count). The number of ether oxygens (including phenoxy) is 2. The fourth-order valence-corrected chi connectivity index (χ4v) is 3.02. The second kappa shape index (κ2) is 8.60. The standard InChI is InChI=1S/C22H21N3O5/c1-13-9-14(2)25(24-13)19-7-5-15(6-8-19)20(26)23-18-11-16(21(27)29-3)10-17(12-18)22(28)30-4/h5-12H,1-4H3,(H,23,26). The van der Waals surface area contributed by atoms with E-state index >= 15 is 0 Å². The first-order chi connectivity index (χ1) is 14.3. The summed E-state index contributed by atoms with van der Waals surface area (Å²) in [5.41, 5.74) is 3.64. The maximum absolute atomic E-state index is 12.7. The van der Waals surface area contributed by atoms with Gasteiger partial charge in [-0.25, -0.2) is 14.3 Å². The van der Waals surface area contributed by atoms with Gasteiger partial charge in [-0.15, -0.1) is 0 Å². The van der Waals surface area contributed by atoms with Crippen molar-refractivity contribution in [2.24, 2.45) is 0 Å². The highest BCUT2D eigenvalue weighted by molar-refractivity contribution is 6.06. The molecule has 30 heavy (non-hydrogen) atoms. The average Bonchev–Trinajstić information content (AvgIpc) is 3.10. The monoisotopic (exact) mass is 407 g/mol. The van der Waals surface area contributed by atoms with Crippen molar-refractivity contribution in [1.82, 2.24) is 9.78 Å². The number of carbonyl (C=O) groups is 3. The van der Waals surface area contributed by atoms with Gasteiger partial charge in [-0.05, 0) is 62.4 Å². The van der Waals surface area contributed by atoms with Crippen molar-refractivity contribution in [1.29, 1.82) is 0 Å². The molecule has 0 aliphatic carbocycles. The molecule has 0 saturated heterocycles. The Morgan fingerprint density at radius 2 is 1.40 bits per heavy atom. The van der Waals surface area contributed by atoms with Crippen LogP contribution < -0.4 is 5.32 Å². The molecule has 2 aromatic carbocycles. The number of rotatable bonds is 5. The second-order valence-electron chi connectivity index (χ2n) is 6.62. The molecule has 154 valence electrons.